The molecule has 0 saturated heterocycles. The molecule has 0 aliphatic rings. The van der Waals surface area contributed by atoms with E-state index in [1.165, 1.54) is 34.9 Å². The number of para-hydroxylation sites is 1. The Labute approximate surface area is 159 Å². The Bertz CT molecular complexity index is 762. The first-order chi connectivity index (χ1) is 11.9. The van der Waals surface area contributed by atoms with Crippen molar-refractivity contribution in [1.29, 1.82) is 0 Å². The molecule has 0 aliphatic heterocycles. The molecule has 0 atom stereocenters. The minimum absolute atomic E-state index is 0.0808. The maximum absolute atomic E-state index is 12.3. The Kier molecular flexibility index (Phi) is 7.27. The number of nitrogens with two attached hydrogens (primary N) is 1. The van der Waals surface area contributed by atoms with Gasteiger partial charge in [-0.05, 0) is 24.0 Å². The smallest absolute Gasteiger partial charge is 0.234 e. The zero-order valence-electron chi connectivity index (χ0n) is 14.2. The van der Waals surface area contributed by atoms with Crippen molar-refractivity contribution >= 4 is 52.4 Å². The van der Waals surface area contributed by atoms with Crippen molar-refractivity contribution in [2.75, 3.05) is 16.8 Å². The monoisotopic (exact) mass is 396 g/mol. The van der Waals surface area contributed by atoms with E-state index in [2.05, 4.69) is 29.4 Å². The molecule has 2 amide bonds. The van der Waals surface area contributed by atoms with Crippen LogP contribution in [0.2, 0.25) is 0 Å². The molecule has 9 heteroatoms. The number of hydrogen-bond acceptors (Lipinski definition) is 7. The van der Waals surface area contributed by atoms with E-state index in [1.54, 1.807) is 0 Å². The first-order valence-corrected chi connectivity index (χ1v) is 10.4. The molecule has 6 nitrogen and oxygen atoms in total. The fraction of sp³-hybridized carbons (Fsp3) is 0.375. The first kappa shape index (κ1) is 19.7. The number of nitrogens with one attached hydrogen (secondary N) is 1. The number of nitrogens with zero attached hydrogens (tertiary/aromatic N) is 2. The summed E-state index contributed by atoms with van der Waals surface area (Å²) in [6, 6.07) is 6.02. The summed E-state index contributed by atoms with van der Waals surface area (Å²) in [6.07, 6.45) is 0. The van der Waals surface area contributed by atoms with Crippen LogP contribution in [0.25, 0.3) is 0 Å². The summed E-state index contributed by atoms with van der Waals surface area (Å²) in [5.41, 5.74) is 8.16. The molecule has 25 heavy (non-hydrogen) atoms. The van der Waals surface area contributed by atoms with Gasteiger partial charge in [-0.25, -0.2) is 0 Å². The Morgan fingerprint density at radius 2 is 1.84 bits per heavy atom. The lowest BCUT2D eigenvalue weighted by Gasteiger charge is -2.16. The highest BCUT2D eigenvalue weighted by Gasteiger charge is 2.13. The molecule has 0 unspecified atom stereocenters. The number of carbonyl (C=O) groups excluding carboxylic acids is 2. The zero-order chi connectivity index (χ0) is 18.4. The number of rotatable bonds is 8. The predicted molar refractivity (Wildman–Crippen MR) is 104 cm³/mol. The van der Waals surface area contributed by atoms with Crippen molar-refractivity contribution in [1.82, 2.24) is 10.2 Å². The summed E-state index contributed by atoms with van der Waals surface area (Å²) in [5, 5.41) is 11.0. The molecule has 1 heterocycles. The second-order valence-corrected chi connectivity index (χ2v) is 9.04. The maximum atomic E-state index is 12.3. The van der Waals surface area contributed by atoms with Crippen LogP contribution in [0.15, 0.2) is 26.9 Å². The fourth-order valence-electron chi connectivity index (χ4n) is 2.09. The van der Waals surface area contributed by atoms with Crippen LogP contribution in [0.5, 0.6) is 0 Å². The number of carbonyl (C=O) groups is 2. The normalized spacial score (nSPS) is 10.9. The van der Waals surface area contributed by atoms with E-state index in [-0.39, 0.29) is 17.4 Å². The number of hydrogen-bond donors (Lipinski definition) is 2. The van der Waals surface area contributed by atoms with Crippen molar-refractivity contribution in [2.24, 2.45) is 5.73 Å². The minimum atomic E-state index is -0.395. The van der Waals surface area contributed by atoms with Gasteiger partial charge in [-0.3, -0.25) is 9.59 Å². The minimum Gasteiger partial charge on any atom is -0.369 e. The van der Waals surface area contributed by atoms with Crippen LogP contribution in [-0.2, 0) is 9.59 Å². The lowest BCUT2D eigenvalue weighted by Crippen LogP contribution is -2.16. The van der Waals surface area contributed by atoms with Gasteiger partial charge >= 0.3 is 0 Å². The molecule has 2 aromatic rings. The van der Waals surface area contributed by atoms with Crippen LogP contribution in [0.3, 0.4) is 0 Å². The second kappa shape index (κ2) is 9.21. The lowest BCUT2D eigenvalue weighted by molar-refractivity contribution is -0.115. The van der Waals surface area contributed by atoms with Gasteiger partial charge in [0.15, 0.2) is 8.68 Å². The van der Waals surface area contributed by atoms with Crippen LogP contribution in [-0.4, -0.2) is 33.5 Å². The van der Waals surface area contributed by atoms with E-state index in [4.69, 9.17) is 5.73 Å². The lowest BCUT2D eigenvalue weighted by atomic mass is 9.98. The van der Waals surface area contributed by atoms with Crippen molar-refractivity contribution < 1.29 is 9.59 Å². The highest BCUT2D eigenvalue weighted by molar-refractivity contribution is 8.03. The van der Waals surface area contributed by atoms with Crippen LogP contribution in [0, 0.1) is 6.92 Å². The largest absolute Gasteiger partial charge is 0.369 e. The summed E-state index contributed by atoms with van der Waals surface area (Å²) < 4.78 is 1.36. The second-order valence-electron chi connectivity index (χ2n) is 5.62. The number of amides is 2. The summed E-state index contributed by atoms with van der Waals surface area (Å²) in [4.78, 5) is 23.1. The third-order valence-electron chi connectivity index (χ3n) is 3.24. The van der Waals surface area contributed by atoms with E-state index in [9.17, 15) is 9.59 Å². The van der Waals surface area contributed by atoms with Gasteiger partial charge in [-0.15, -0.1) is 10.2 Å². The molecular weight excluding hydrogens is 376 g/mol. The standard InChI is InChI=1S/C16H20N4O2S3/c1-9(2)11-6-4-5-10(3)14(11)18-13(22)8-24-16-20-19-15(25-16)23-7-12(17)21/h4-6,9H,7-8H2,1-3H3,(H2,17,21)(H,18,22). The van der Waals surface area contributed by atoms with Crippen molar-refractivity contribution in [2.45, 2.75) is 35.4 Å². The number of thioether (sulfide) groups is 2. The summed E-state index contributed by atoms with van der Waals surface area (Å²) in [6.45, 7) is 6.19. The Morgan fingerprint density at radius 3 is 2.44 bits per heavy atom. The fourth-order valence-corrected chi connectivity index (χ4v) is 4.65. The molecule has 3 N–H and O–H groups in total. The number of benzene rings is 1. The zero-order valence-corrected chi connectivity index (χ0v) is 16.7. The van der Waals surface area contributed by atoms with E-state index in [1.807, 2.05) is 25.1 Å². The van der Waals surface area contributed by atoms with Gasteiger partial charge < -0.3 is 11.1 Å². The molecule has 0 spiro atoms. The van der Waals surface area contributed by atoms with Gasteiger partial charge in [-0.1, -0.05) is 66.9 Å². The van der Waals surface area contributed by atoms with Crippen molar-refractivity contribution in [3.05, 3.63) is 29.3 Å². The van der Waals surface area contributed by atoms with Crippen LogP contribution < -0.4 is 11.1 Å². The first-order valence-electron chi connectivity index (χ1n) is 7.63. The van der Waals surface area contributed by atoms with Gasteiger partial charge in [0, 0.05) is 5.69 Å². The molecule has 134 valence electrons. The molecule has 0 radical (unpaired) electrons. The molecule has 1 aromatic carbocycles. The predicted octanol–water partition coefficient (Wildman–Crippen LogP) is 3.28. The topological polar surface area (TPSA) is 98.0 Å². The number of primary amides is 1. The third-order valence-corrected chi connectivity index (χ3v) is 6.46. The van der Waals surface area contributed by atoms with E-state index in [0.717, 1.165) is 16.8 Å². The molecule has 0 aliphatic carbocycles. The SMILES string of the molecule is Cc1cccc(C(C)C)c1NC(=O)CSc1nnc(SCC(N)=O)s1. The van der Waals surface area contributed by atoms with Crippen molar-refractivity contribution in [3.8, 4) is 0 Å². The molecule has 0 bridgehead atoms. The highest BCUT2D eigenvalue weighted by Crippen LogP contribution is 2.30. The Balaban J connectivity index is 1.92. The van der Waals surface area contributed by atoms with E-state index < -0.39 is 5.91 Å². The van der Waals surface area contributed by atoms with Crippen LogP contribution >= 0.6 is 34.9 Å². The third kappa shape index (κ3) is 6.02. The summed E-state index contributed by atoms with van der Waals surface area (Å²) in [7, 11) is 0. The number of anilines is 1. The van der Waals surface area contributed by atoms with Gasteiger partial charge in [0.25, 0.3) is 0 Å². The molecule has 0 fully saturated rings. The van der Waals surface area contributed by atoms with Gasteiger partial charge in [-0.2, -0.15) is 0 Å². The average Bonchev–Trinajstić information content (AvgIpc) is 3.00. The van der Waals surface area contributed by atoms with Crippen LogP contribution in [0.4, 0.5) is 5.69 Å². The molecule has 1 aromatic heterocycles. The molecule has 2 rings (SSSR count). The van der Waals surface area contributed by atoms with Crippen LogP contribution in [0.1, 0.15) is 30.9 Å². The number of aromatic nitrogens is 2. The average molecular weight is 397 g/mol. The Morgan fingerprint density at radius 1 is 1.20 bits per heavy atom. The summed E-state index contributed by atoms with van der Waals surface area (Å²) >= 11 is 3.93. The molecular formula is C16H20N4O2S3. The maximum Gasteiger partial charge on any atom is 0.234 e. The molecule has 0 saturated carbocycles. The summed E-state index contributed by atoms with van der Waals surface area (Å²) in [5.74, 6) is 0.276. The Hall–Kier alpha value is -1.58. The number of aryl methyl sites for hydroxylation is 1. The van der Waals surface area contributed by atoms with Gasteiger partial charge in [0.1, 0.15) is 0 Å². The van der Waals surface area contributed by atoms with Crippen molar-refractivity contribution in [3.63, 3.8) is 0 Å². The van der Waals surface area contributed by atoms with Gasteiger partial charge in [0.05, 0.1) is 11.5 Å². The van der Waals surface area contributed by atoms with Gasteiger partial charge in [0.2, 0.25) is 11.8 Å². The van der Waals surface area contributed by atoms with E-state index >= 15 is 0 Å². The van der Waals surface area contributed by atoms with E-state index in [0.29, 0.717) is 14.6 Å². The quantitative estimate of drug-likeness (QED) is 0.665. The highest BCUT2D eigenvalue weighted by atomic mass is 32.2.